The van der Waals surface area contributed by atoms with Crippen LogP contribution in [0.25, 0.3) is 0 Å². The molecular formula is C15H26N2O3. The van der Waals surface area contributed by atoms with E-state index in [9.17, 15) is 9.59 Å². The fourth-order valence-corrected chi connectivity index (χ4v) is 3.11. The number of nitrogens with one attached hydrogen (secondary N) is 1. The van der Waals surface area contributed by atoms with E-state index in [1.807, 2.05) is 13.8 Å². The second-order valence-electron chi connectivity index (χ2n) is 5.82. The van der Waals surface area contributed by atoms with Gasteiger partial charge in [0.25, 0.3) is 0 Å². The van der Waals surface area contributed by atoms with Gasteiger partial charge in [0.2, 0.25) is 11.8 Å². The molecule has 0 aliphatic carbocycles. The minimum absolute atomic E-state index is 0.00761. The highest BCUT2D eigenvalue weighted by Gasteiger charge is 2.39. The molecule has 114 valence electrons. The zero-order chi connectivity index (χ0) is 14.5. The summed E-state index contributed by atoms with van der Waals surface area (Å²) in [7, 11) is 0. The van der Waals surface area contributed by atoms with Gasteiger partial charge in [-0.1, -0.05) is 20.3 Å². The summed E-state index contributed by atoms with van der Waals surface area (Å²) in [6, 6.07) is -0.618. The van der Waals surface area contributed by atoms with E-state index in [2.05, 4.69) is 5.32 Å². The Balaban J connectivity index is 1.99. The Labute approximate surface area is 121 Å². The summed E-state index contributed by atoms with van der Waals surface area (Å²) in [5.41, 5.74) is 0. The van der Waals surface area contributed by atoms with Crippen LogP contribution in [-0.2, 0) is 14.3 Å². The van der Waals surface area contributed by atoms with Gasteiger partial charge in [-0.05, 0) is 31.6 Å². The molecule has 2 amide bonds. The van der Waals surface area contributed by atoms with Crippen LogP contribution >= 0.6 is 0 Å². The Morgan fingerprint density at radius 2 is 2.10 bits per heavy atom. The Bertz CT molecular complexity index is 353. The van der Waals surface area contributed by atoms with Crippen LogP contribution in [0.5, 0.6) is 0 Å². The molecule has 0 radical (unpaired) electrons. The highest BCUT2D eigenvalue weighted by molar-refractivity contribution is 5.96. The van der Waals surface area contributed by atoms with Crippen molar-refractivity contribution in [2.24, 2.45) is 5.92 Å². The van der Waals surface area contributed by atoms with E-state index < -0.39 is 0 Å². The van der Waals surface area contributed by atoms with E-state index in [0.29, 0.717) is 18.9 Å². The third kappa shape index (κ3) is 3.32. The molecule has 0 aromatic heterocycles. The van der Waals surface area contributed by atoms with Crippen LogP contribution in [0.1, 0.15) is 46.0 Å². The minimum Gasteiger partial charge on any atom is -0.381 e. The highest BCUT2D eigenvalue weighted by Crippen LogP contribution is 2.21. The molecule has 2 saturated heterocycles. The van der Waals surface area contributed by atoms with Crippen molar-refractivity contribution in [3.05, 3.63) is 0 Å². The molecule has 2 fully saturated rings. The average molecular weight is 282 g/mol. The summed E-state index contributed by atoms with van der Waals surface area (Å²) in [4.78, 5) is 26.5. The Hall–Kier alpha value is -1.10. The quantitative estimate of drug-likeness (QED) is 0.799. The smallest absolute Gasteiger partial charge is 0.245 e. The van der Waals surface area contributed by atoms with Crippen molar-refractivity contribution in [2.75, 3.05) is 19.8 Å². The first kappa shape index (κ1) is 15.3. The summed E-state index contributed by atoms with van der Waals surface area (Å²) < 4.78 is 5.38. The van der Waals surface area contributed by atoms with Crippen LogP contribution in [0.15, 0.2) is 0 Å². The standard InChI is InChI=1S/C15H26N2O3/c1-3-5-12-15(19)17(13(4-2)14(18)16-12)8-6-11-7-9-20-10-11/h11-13H,3-10H2,1-2H3,(H,16,18). The first-order chi connectivity index (χ1) is 9.67. The van der Waals surface area contributed by atoms with Crippen molar-refractivity contribution >= 4 is 11.8 Å². The molecule has 0 aromatic carbocycles. The van der Waals surface area contributed by atoms with E-state index in [0.717, 1.165) is 38.9 Å². The maximum absolute atomic E-state index is 12.5. The van der Waals surface area contributed by atoms with E-state index in [1.54, 1.807) is 4.90 Å². The zero-order valence-electron chi connectivity index (χ0n) is 12.6. The lowest BCUT2D eigenvalue weighted by Gasteiger charge is -2.39. The predicted molar refractivity (Wildman–Crippen MR) is 76.2 cm³/mol. The Morgan fingerprint density at radius 3 is 2.70 bits per heavy atom. The molecule has 2 aliphatic rings. The number of nitrogens with zero attached hydrogens (tertiary/aromatic N) is 1. The van der Waals surface area contributed by atoms with Gasteiger partial charge in [0.05, 0.1) is 0 Å². The molecule has 0 bridgehead atoms. The molecule has 0 saturated carbocycles. The van der Waals surface area contributed by atoms with Gasteiger partial charge in [-0.25, -0.2) is 0 Å². The van der Waals surface area contributed by atoms with Gasteiger partial charge in [0, 0.05) is 19.8 Å². The molecule has 0 spiro atoms. The fourth-order valence-electron chi connectivity index (χ4n) is 3.11. The molecule has 2 heterocycles. The fraction of sp³-hybridized carbons (Fsp3) is 0.867. The SMILES string of the molecule is CCCC1NC(=O)C(CC)N(CCC2CCOC2)C1=O. The second kappa shape index (κ2) is 7.07. The number of amides is 2. The maximum atomic E-state index is 12.5. The predicted octanol–water partition coefficient (Wildman–Crippen LogP) is 1.32. The number of carbonyl (C=O) groups excluding carboxylic acids is 2. The van der Waals surface area contributed by atoms with E-state index in [1.165, 1.54) is 0 Å². The van der Waals surface area contributed by atoms with Gasteiger partial charge < -0.3 is 15.0 Å². The molecule has 2 rings (SSSR count). The molecule has 20 heavy (non-hydrogen) atoms. The normalized spacial score (nSPS) is 30.7. The largest absolute Gasteiger partial charge is 0.381 e. The number of rotatable bonds is 6. The Kier molecular flexibility index (Phi) is 5.40. The first-order valence-corrected chi connectivity index (χ1v) is 7.86. The molecule has 2 aliphatic heterocycles. The van der Waals surface area contributed by atoms with Crippen molar-refractivity contribution < 1.29 is 14.3 Å². The van der Waals surface area contributed by atoms with Crippen LogP contribution in [0.3, 0.4) is 0 Å². The van der Waals surface area contributed by atoms with Gasteiger partial charge in [-0.3, -0.25) is 9.59 Å². The van der Waals surface area contributed by atoms with Crippen molar-refractivity contribution in [1.82, 2.24) is 10.2 Å². The van der Waals surface area contributed by atoms with Crippen LogP contribution in [0.2, 0.25) is 0 Å². The molecule has 3 unspecified atom stereocenters. The number of carbonyl (C=O) groups is 2. The summed E-state index contributed by atoms with van der Waals surface area (Å²) in [5.74, 6) is 0.639. The lowest BCUT2D eigenvalue weighted by atomic mass is 9.99. The maximum Gasteiger partial charge on any atom is 0.245 e. The van der Waals surface area contributed by atoms with Crippen LogP contribution in [0.4, 0.5) is 0 Å². The van der Waals surface area contributed by atoms with E-state index in [-0.39, 0.29) is 23.9 Å². The van der Waals surface area contributed by atoms with Crippen LogP contribution in [-0.4, -0.2) is 48.6 Å². The number of piperazine rings is 1. The zero-order valence-corrected chi connectivity index (χ0v) is 12.6. The monoisotopic (exact) mass is 282 g/mol. The molecule has 0 aromatic rings. The number of ether oxygens (including phenoxy) is 1. The van der Waals surface area contributed by atoms with Crippen molar-refractivity contribution in [2.45, 2.75) is 58.0 Å². The van der Waals surface area contributed by atoms with Crippen molar-refractivity contribution in [1.29, 1.82) is 0 Å². The third-order valence-corrected chi connectivity index (χ3v) is 4.34. The molecule has 3 atom stereocenters. The first-order valence-electron chi connectivity index (χ1n) is 7.86. The Morgan fingerprint density at radius 1 is 1.30 bits per heavy atom. The highest BCUT2D eigenvalue weighted by atomic mass is 16.5. The van der Waals surface area contributed by atoms with Gasteiger partial charge in [-0.15, -0.1) is 0 Å². The van der Waals surface area contributed by atoms with E-state index >= 15 is 0 Å². The minimum atomic E-state index is -0.324. The molecule has 5 nitrogen and oxygen atoms in total. The summed E-state index contributed by atoms with van der Waals surface area (Å²) in [5, 5.41) is 2.87. The topological polar surface area (TPSA) is 58.6 Å². The lowest BCUT2D eigenvalue weighted by Crippen LogP contribution is -2.63. The number of hydrogen-bond acceptors (Lipinski definition) is 3. The lowest BCUT2D eigenvalue weighted by molar-refractivity contribution is -0.149. The third-order valence-electron chi connectivity index (χ3n) is 4.34. The van der Waals surface area contributed by atoms with Crippen molar-refractivity contribution in [3.63, 3.8) is 0 Å². The van der Waals surface area contributed by atoms with Crippen molar-refractivity contribution in [3.8, 4) is 0 Å². The van der Waals surface area contributed by atoms with Crippen LogP contribution < -0.4 is 5.32 Å². The average Bonchev–Trinajstić information content (AvgIpc) is 2.94. The van der Waals surface area contributed by atoms with Gasteiger partial charge in [-0.2, -0.15) is 0 Å². The summed E-state index contributed by atoms with van der Waals surface area (Å²) in [6.45, 7) is 6.30. The molecule has 1 N–H and O–H groups in total. The van der Waals surface area contributed by atoms with Gasteiger partial charge in [0.15, 0.2) is 0 Å². The molecular weight excluding hydrogens is 256 g/mol. The molecule has 5 heteroatoms. The summed E-state index contributed by atoms with van der Waals surface area (Å²) in [6.07, 6.45) is 4.32. The van der Waals surface area contributed by atoms with Gasteiger partial charge in [0.1, 0.15) is 12.1 Å². The van der Waals surface area contributed by atoms with E-state index in [4.69, 9.17) is 4.74 Å². The summed E-state index contributed by atoms with van der Waals surface area (Å²) >= 11 is 0. The number of hydrogen-bond donors (Lipinski definition) is 1. The van der Waals surface area contributed by atoms with Crippen LogP contribution in [0, 0.1) is 5.92 Å². The van der Waals surface area contributed by atoms with Gasteiger partial charge >= 0.3 is 0 Å². The second-order valence-corrected chi connectivity index (χ2v) is 5.82.